The second kappa shape index (κ2) is 8.49. The Balaban J connectivity index is 1.50. The van der Waals surface area contributed by atoms with Gasteiger partial charge in [-0.2, -0.15) is 0 Å². The molecule has 1 aliphatic rings. The molecule has 1 heterocycles. The monoisotopic (exact) mass is 373 g/mol. The van der Waals surface area contributed by atoms with Crippen LogP contribution in [0, 0.1) is 13.8 Å². The van der Waals surface area contributed by atoms with Gasteiger partial charge >= 0.3 is 0 Å². The smallest absolute Gasteiger partial charge is 0.231 e. The summed E-state index contributed by atoms with van der Waals surface area (Å²) < 4.78 is 11.0. The predicted molar refractivity (Wildman–Crippen MR) is 113 cm³/mol. The average Bonchev–Trinajstić information content (AvgIpc) is 3.17. The van der Waals surface area contributed by atoms with Crippen LogP contribution >= 0.6 is 0 Å². The summed E-state index contributed by atoms with van der Waals surface area (Å²) in [5, 5.41) is 0. The van der Waals surface area contributed by atoms with Crippen LogP contribution in [0.25, 0.3) is 0 Å². The number of nitrogens with zero attached hydrogens (tertiary/aromatic N) is 1. The van der Waals surface area contributed by atoms with Gasteiger partial charge in [0.2, 0.25) is 6.79 Å². The molecule has 3 nitrogen and oxygen atoms in total. The first-order valence-corrected chi connectivity index (χ1v) is 9.89. The summed E-state index contributed by atoms with van der Waals surface area (Å²) >= 11 is 0. The van der Waals surface area contributed by atoms with Crippen molar-refractivity contribution in [1.29, 1.82) is 0 Å². The van der Waals surface area contributed by atoms with Crippen molar-refractivity contribution in [3.8, 4) is 11.5 Å². The molecule has 1 aliphatic heterocycles. The number of ether oxygens (including phenoxy) is 2. The molecule has 0 amide bonds. The summed E-state index contributed by atoms with van der Waals surface area (Å²) in [4.78, 5) is 2.54. The summed E-state index contributed by atoms with van der Waals surface area (Å²) in [6.07, 6.45) is 0.981. The summed E-state index contributed by atoms with van der Waals surface area (Å²) in [5.74, 6) is 1.71. The molecule has 0 aliphatic carbocycles. The molecule has 3 aromatic rings. The number of hydrogen-bond acceptors (Lipinski definition) is 3. The van der Waals surface area contributed by atoms with Crippen molar-refractivity contribution < 1.29 is 9.47 Å². The zero-order valence-corrected chi connectivity index (χ0v) is 16.7. The third-order valence-corrected chi connectivity index (χ3v) is 5.46. The lowest BCUT2D eigenvalue weighted by Crippen LogP contribution is -2.26. The van der Waals surface area contributed by atoms with Crippen molar-refractivity contribution in [1.82, 2.24) is 4.90 Å². The Kier molecular flexibility index (Phi) is 5.63. The highest BCUT2D eigenvalue weighted by Gasteiger charge is 2.15. The summed E-state index contributed by atoms with van der Waals surface area (Å²) in [6, 6.07) is 23.6. The predicted octanol–water partition coefficient (Wildman–Crippen LogP) is 5.28. The minimum absolute atomic E-state index is 0.325. The molecule has 28 heavy (non-hydrogen) atoms. The molecule has 3 heteroatoms. The van der Waals surface area contributed by atoms with Gasteiger partial charge in [-0.15, -0.1) is 0 Å². The average molecular weight is 373 g/mol. The van der Waals surface area contributed by atoms with Crippen molar-refractivity contribution in [3.05, 3.63) is 94.5 Å². The highest BCUT2D eigenvalue weighted by atomic mass is 16.7. The van der Waals surface area contributed by atoms with E-state index in [4.69, 9.17) is 9.47 Å². The molecule has 0 N–H and O–H groups in total. The number of rotatable bonds is 7. The third-order valence-electron chi connectivity index (χ3n) is 5.46. The molecule has 3 aromatic carbocycles. The van der Waals surface area contributed by atoms with Gasteiger partial charge in [0.25, 0.3) is 0 Å². The molecular formula is C25H27NO2. The molecule has 144 valence electrons. The van der Waals surface area contributed by atoms with E-state index in [0.29, 0.717) is 6.79 Å². The van der Waals surface area contributed by atoms with Gasteiger partial charge in [-0.05, 0) is 60.2 Å². The van der Waals surface area contributed by atoms with Crippen molar-refractivity contribution >= 4 is 0 Å². The fraction of sp³-hybridized carbons (Fsp3) is 0.280. The van der Waals surface area contributed by atoms with Crippen LogP contribution in [-0.2, 0) is 19.5 Å². The Morgan fingerprint density at radius 1 is 0.750 bits per heavy atom. The maximum atomic E-state index is 5.53. The van der Waals surface area contributed by atoms with Crippen molar-refractivity contribution in [3.63, 3.8) is 0 Å². The van der Waals surface area contributed by atoms with Crippen LogP contribution in [0.3, 0.4) is 0 Å². The number of benzene rings is 3. The SMILES string of the molecule is Cc1ccccc1CN(CCc1ccc2c(c1)OCO2)Cc1ccccc1C. The first kappa shape index (κ1) is 18.6. The zero-order valence-electron chi connectivity index (χ0n) is 16.7. The number of aryl methyl sites for hydroxylation is 2. The van der Waals surface area contributed by atoms with Gasteiger partial charge < -0.3 is 9.47 Å². The fourth-order valence-corrected chi connectivity index (χ4v) is 3.65. The van der Waals surface area contributed by atoms with E-state index in [0.717, 1.165) is 37.6 Å². The number of hydrogen-bond donors (Lipinski definition) is 0. The van der Waals surface area contributed by atoms with E-state index in [1.54, 1.807) is 0 Å². The van der Waals surface area contributed by atoms with E-state index < -0.39 is 0 Å². The molecule has 0 unspecified atom stereocenters. The largest absolute Gasteiger partial charge is 0.454 e. The van der Waals surface area contributed by atoms with Gasteiger partial charge in [0.15, 0.2) is 11.5 Å². The molecule has 0 saturated heterocycles. The van der Waals surface area contributed by atoms with Gasteiger partial charge in [-0.1, -0.05) is 54.6 Å². The zero-order chi connectivity index (χ0) is 19.3. The molecule has 0 spiro atoms. The van der Waals surface area contributed by atoms with E-state index in [1.165, 1.54) is 27.8 Å². The van der Waals surface area contributed by atoms with Gasteiger partial charge in [-0.25, -0.2) is 0 Å². The Morgan fingerprint density at radius 2 is 1.36 bits per heavy atom. The lowest BCUT2D eigenvalue weighted by Gasteiger charge is -2.24. The van der Waals surface area contributed by atoms with Gasteiger partial charge in [0.1, 0.15) is 0 Å². The Labute approximate surface area is 167 Å². The van der Waals surface area contributed by atoms with Gasteiger partial charge in [0.05, 0.1) is 0 Å². The van der Waals surface area contributed by atoms with Gasteiger partial charge in [-0.3, -0.25) is 4.90 Å². The van der Waals surface area contributed by atoms with Crippen LogP contribution in [0.15, 0.2) is 66.7 Å². The fourth-order valence-electron chi connectivity index (χ4n) is 3.65. The van der Waals surface area contributed by atoms with Crippen molar-refractivity contribution in [2.24, 2.45) is 0 Å². The maximum Gasteiger partial charge on any atom is 0.231 e. The van der Waals surface area contributed by atoms with Crippen LogP contribution < -0.4 is 9.47 Å². The second-order valence-electron chi connectivity index (χ2n) is 7.50. The molecule has 0 aromatic heterocycles. The third kappa shape index (κ3) is 4.37. The highest BCUT2D eigenvalue weighted by molar-refractivity contribution is 5.44. The Bertz CT molecular complexity index is 903. The standard InChI is InChI=1S/C25H27NO2/c1-19-7-3-5-9-22(19)16-26(17-23-10-6-4-8-20(23)2)14-13-21-11-12-24-25(15-21)28-18-27-24/h3-12,15H,13-14,16-18H2,1-2H3. The van der Waals surface area contributed by atoms with Crippen molar-refractivity contribution in [2.75, 3.05) is 13.3 Å². The first-order valence-electron chi connectivity index (χ1n) is 9.89. The van der Waals surface area contributed by atoms with E-state index in [9.17, 15) is 0 Å². The molecular weight excluding hydrogens is 346 g/mol. The van der Waals surface area contributed by atoms with E-state index in [2.05, 4.69) is 79.4 Å². The summed E-state index contributed by atoms with van der Waals surface area (Å²) in [6.45, 7) is 7.60. The van der Waals surface area contributed by atoms with E-state index >= 15 is 0 Å². The van der Waals surface area contributed by atoms with Crippen LogP contribution in [0.4, 0.5) is 0 Å². The number of fused-ring (bicyclic) bond motifs is 1. The molecule has 0 atom stereocenters. The van der Waals surface area contributed by atoms with Crippen LogP contribution in [0.5, 0.6) is 11.5 Å². The van der Waals surface area contributed by atoms with Gasteiger partial charge in [0, 0.05) is 19.6 Å². The molecule has 0 saturated carbocycles. The summed E-state index contributed by atoms with van der Waals surface area (Å²) in [7, 11) is 0. The minimum atomic E-state index is 0.325. The second-order valence-corrected chi connectivity index (χ2v) is 7.50. The molecule has 0 bridgehead atoms. The Morgan fingerprint density at radius 3 is 2.00 bits per heavy atom. The van der Waals surface area contributed by atoms with E-state index in [1.807, 2.05) is 6.07 Å². The topological polar surface area (TPSA) is 21.7 Å². The maximum absolute atomic E-state index is 5.53. The normalized spacial score (nSPS) is 12.5. The molecule has 4 rings (SSSR count). The van der Waals surface area contributed by atoms with Crippen LogP contribution in [0.2, 0.25) is 0 Å². The van der Waals surface area contributed by atoms with Crippen LogP contribution in [-0.4, -0.2) is 18.2 Å². The summed E-state index contributed by atoms with van der Waals surface area (Å²) in [5.41, 5.74) is 6.76. The van der Waals surface area contributed by atoms with E-state index in [-0.39, 0.29) is 0 Å². The molecule has 0 radical (unpaired) electrons. The lowest BCUT2D eigenvalue weighted by molar-refractivity contribution is 0.174. The van der Waals surface area contributed by atoms with Crippen molar-refractivity contribution in [2.45, 2.75) is 33.4 Å². The quantitative estimate of drug-likeness (QED) is 0.563. The van der Waals surface area contributed by atoms with Crippen LogP contribution in [0.1, 0.15) is 27.8 Å². The highest BCUT2D eigenvalue weighted by Crippen LogP contribution is 2.32. The lowest BCUT2D eigenvalue weighted by atomic mass is 10.1. The molecule has 0 fully saturated rings. The minimum Gasteiger partial charge on any atom is -0.454 e. The Hall–Kier alpha value is -2.78. The first-order chi connectivity index (χ1) is 13.7.